The first kappa shape index (κ1) is 10.4. The van der Waals surface area contributed by atoms with Gasteiger partial charge in [0.1, 0.15) is 11.6 Å². The Morgan fingerprint density at radius 2 is 1.88 bits per heavy atom. The number of nitrogens with two attached hydrogens (primary N) is 1. The van der Waals surface area contributed by atoms with Gasteiger partial charge >= 0.3 is 0 Å². The highest BCUT2D eigenvalue weighted by Gasteiger charge is 1.94. The zero-order valence-corrected chi connectivity index (χ0v) is 8.93. The van der Waals surface area contributed by atoms with E-state index in [1.807, 2.05) is 18.2 Å². The summed E-state index contributed by atoms with van der Waals surface area (Å²) in [5.41, 5.74) is 6.75. The van der Waals surface area contributed by atoms with E-state index in [1.165, 1.54) is 5.56 Å². The van der Waals surface area contributed by atoms with Crippen LogP contribution < -0.4 is 11.1 Å². The van der Waals surface area contributed by atoms with Crippen LogP contribution in [0, 0.1) is 0 Å². The van der Waals surface area contributed by atoms with E-state index in [4.69, 9.17) is 5.73 Å². The van der Waals surface area contributed by atoms with E-state index in [1.54, 1.807) is 12.4 Å². The first-order valence-corrected chi connectivity index (χ1v) is 5.20. The molecule has 16 heavy (non-hydrogen) atoms. The van der Waals surface area contributed by atoms with Gasteiger partial charge in [-0.05, 0) is 12.0 Å². The van der Waals surface area contributed by atoms with E-state index in [0.717, 1.165) is 18.8 Å². The van der Waals surface area contributed by atoms with Crippen molar-refractivity contribution in [2.75, 3.05) is 17.6 Å². The summed E-state index contributed by atoms with van der Waals surface area (Å²) in [4.78, 5) is 8.07. The lowest BCUT2D eigenvalue weighted by molar-refractivity contribution is 1.00. The topological polar surface area (TPSA) is 63.8 Å². The van der Waals surface area contributed by atoms with Crippen LogP contribution in [0.4, 0.5) is 11.6 Å². The zero-order chi connectivity index (χ0) is 11.2. The highest BCUT2D eigenvalue weighted by molar-refractivity contribution is 5.36. The predicted octanol–water partition coefficient (Wildman–Crippen LogP) is 1.71. The van der Waals surface area contributed by atoms with E-state index in [0.29, 0.717) is 5.82 Å². The smallest absolute Gasteiger partial charge is 0.144 e. The Labute approximate surface area is 94.5 Å². The van der Waals surface area contributed by atoms with E-state index in [2.05, 4.69) is 27.4 Å². The van der Waals surface area contributed by atoms with E-state index < -0.39 is 0 Å². The second kappa shape index (κ2) is 5.11. The molecule has 4 nitrogen and oxygen atoms in total. The maximum absolute atomic E-state index is 5.45. The summed E-state index contributed by atoms with van der Waals surface area (Å²) in [6.45, 7) is 0.836. The Balaban J connectivity index is 1.82. The van der Waals surface area contributed by atoms with Crippen LogP contribution in [-0.4, -0.2) is 16.5 Å². The summed E-state index contributed by atoms with van der Waals surface area (Å²) < 4.78 is 0. The molecule has 3 N–H and O–H groups in total. The summed E-state index contributed by atoms with van der Waals surface area (Å²) in [7, 11) is 0. The minimum absolute atomic E-state index is 0.439. The lowest BCUT2D eigenvalue weighted by atomic mass is 10.1. The molecule has 0 atom stereocenters. The molecule has 1 heterocycles. The maximum atomic E-state index is 5.45. The molecule has 0 aliphatic carbocycles. The van der Waals surface area contributed by atoms with Crippen molar-refractivity contribution in [3.63, 3.8) is 0 Å². The number of hydrogen-bond donors (Lipinski definition) is 2. The van der Waals surface area contributed by atoms with Gasteiger partial charge in [-0.15, -0.1) is 0 Å². The molecule has 0 fully saturated rings. The highest BCUT2D eigenvalue weighted by Crippen LogP contribution is 2.03. The lowest BCUT2D eigenvalue weighted by Gasteiger charge is -2.04. The van der Waals surface area contributed by atoms with Crippen molar-refractivity contribution >= 4 is 11.6 Å². The van der Waals surface area contributed by atoms with Crippen molar-refractivity contribution in [1.29, 1.82) is 0 Å². The Morgan fingerprint density at radius 3 is 2.56 bits per heavy atom. The van der Waals surface area contributed by atoms with Gasteiger partial charge in [0, 0.05) is 6.54 Å². The average Bonchev–Trinajstić information content (AvgIpc) is 2.33. The third-order valence-corrected chi connectivity index (χ3v) is 2.23. The normalized spacial score (nSPS) is 10.0. The highest BCUT2D eigenvalue weighted by atomic mass is 15.0. The minimum Gasteiger partial charge on any atom is -0.382 e. The van der Waals surface area contributed by atoms with Crippen molar-refractivity contribution in [2.45, 2.75) is 6.42 Å². The number of nitrogens with zero attached hydrogens (tertiary/aromatic N) is 2. The molecule has 4 heteroatoms. The summed E-state index contributed by atoms with van der Waals surface area (Å²) in [5.74, 6) is 1.19. The van der Waals surface area contributed by atoms with Crippen LogP contribution in [0.3, 0.4) is 0 Å². The molecule has 0 amide bonds. The van der Waals surface area contributed by atoms with Gasteiger partial charge in [-0.2, -0.15) is 0 Å². The maximum Gasteiger partial charge on any atom is 0.144 e. The number of rotatable bonds is 4. The van der Waals surface area contributed by atoms with Crippen LogP contribution in [0.2, 0.25) is 0 Å². The summed E-state index contributed by atoms with van der Waals surface area (Å²) in [6, 6.07) is 10.3. The number of anilines is 2. The molecule has 1 aromatic carbocycles. The van der Waals surface area contributed by atoms with E-state index >= 15 is 0 Å². The largest absolute Gasteiger partial charge is 0.382 e. The molecule has 0 spiro atoms. The second-order valence-corrected chi connectivity index (χ2v) is 3.49. The molecular formula is C12H14N4. The van der Waals surface area contributed by atoms with Gasteiger partial charge in [-0.1, -0.05) is 30.3 Å². The van der Waals surface area contributed by atoms with Gasteiger partial charge in [0.05, 0.1) is 12.4 Å². The van der Waals surface area contributed by atoms with E-state index in [9.17, 15) is 0 Å². The fourth-order valence-electron chi connectivity index (χ4n) is 1.41. The fourth-order valence-corrected chi connectivity index (χ4v) is 1.41. The predicted molar refractivity (Wildman–Crippen MR) is 65.1 cm³/mol. The van der Waals surface area contributed by atoms with Crippen LogP contribution in [0.1, 0.15) is 5.56 Å². The molecule has 0 saturated heterocycles. The lowest BCUT2D eigenvalue weighted by Crippen LogP contribution is -2.06. The number of nitrogen functional groups attached to an aromatic ring is 1. The molecule has 1 aromatic heterocycles. The van der Waals surface area contributed by atoms with Gasteiger partial charge in [0.2, 0.25) is 0 Å². The molecule has 2 rings (SSSR count). The van der Waals surface area contributed by atoms with Crippen LogP contribution >= 0.6 is 0 Å². The van der Waals surface area contributed by atoms with Crippen molar-refractivity contribution < 1.29 is 0 Å². The Hall–Kier alpha value is -2.10. The molecule has 0 bridgehead atoms. The van der Waals surface area contributed by atoms with Crippen molar-refractivity contribution in [2.24, 2.45) is 0 Å². The monoisotopic (exact) mass is 214 g/mol. The second-order valence-electron chi connectivity index (χ2n) is 3.49. The van der Waals surface area contributed by atoms with Crippen LogP contribution in [0.25, 0.3) is 0 Å². The van der Waals surface area contributed by atoms with Crippen molar-refractivity contribution in [3.8, 4) is 0 Å². The molecule has 0 unspecified atom stereocenters. The quantitative estimate of drug-likeness (QED) is 0.813. The molecule has 2 aromatic rings. The van der Waals surface area contributed by atoms with Crippen LogP contribution in [0.15, 0.2) is 42.7 Å². The summed E-state index contributed by atoms with van der Waals surface area (Å²) >= 11 is 0. The number of nitrogens with one attached hydrogen (secondary N) is 1. The number of benzene rings is 1. The van der Waals surface area contributed by atoms with Crippen LogP contribution in [-0.2, 0) is 6.42 Å². The molecule has 0 aliphatic heterocycles. The number of hydrogen-bond acceptors (Lipinski definition) is 4. The molecule has 82 valence electrons. The average molecular weight is 214 g/mol. The third kappa shape index (κ3) is 2.95. The van der Waals surface area contributed by atoms with Gasteiger partial charge in [0.15, 0.2) is 0 Å². The van der Waals surface area contributed by atoms with Crippen molar-refractivity contribution in [3.05, 3.63) is 48.3 Å². The molecule has 0 saturated carbocycles. The molecule has 0 radical (unpaired) electrons. The molecular weight excluding hydrogens is 200 g/mol. The Bertz CT molecular complexity index is 425. The Morgan fingerprint density at radius 1 is 1.06 bits per heavy atom. The van der Waals surface area contributed by atoms with E-state index in [-0.39, 0.29) is 0 Å². The SMILES string of the molecule is Nc1cnc(NCCc2ccccc2)cn1. The van der Waals surface area contributed by atoms with Gasteiger partial charge in [-0.25, -0.2) is 9.97 Å². The van der Waals surface area contributed by atoms with Gasteiger partial charge in [-0.3, -0.25) is 0 Å². The number of aromatic nitrogens is 2. The first-order valence-electron chi connectivity index (χ1n) is 5.20. The first-order chi connectivity index (χ1) is 7.84. The summed E-state index contributed by atoms with van der Waals surface area (Å²) in [6.07, 6.45) is 4.15. The third-order valence-electron chi connectivity index (χ3n) is 2.23. The summed E-state index contributed by atoms with van der Waals surface area (Å²) in [5, 5.41) is 3.19. The van der Waals surface area contributed by atoms with Crippen LogP contribution in [0.5, 0.6) is 0 Å². The standard InChI is InChI=1S/C12H14N4/c13-11-8-16-12(9-15-11)14-7-6-10-4-2-1-3-5-10/h1-5,8-9H,6-7H2,(H2,13,15)(H,14,16). The Kier molecular flexibility index (Phi) is 3.33. The zero-order valence-electron chi connectivity index (χ0n) is 8.93. The van der Waals surface area contributed by atoms with Crippen molar-refractivity contribution in [1.82, 2.24) is 9.97 Å². The van der Waals surface area contributed by atoms with Gasteiger partial charge < -0.3 is 11.1 Å². The minimum atomic E-state index is 0.439. The molecule has 0 aliphatic rings. The fraction of sp³-hybridized carbons (Fsp3) is 0.167. The van der Waals surface area contributed by atoms with Gasteiger partial charge in [0.25, 0.3) is 0 Å².